The average Bonchev–Trinajstić information content (AvgIpc) is 3.53. The number of hydrogen-bond acceptors (Lipinski definition) is 7. The van der Waals surface area contributed by atoms with Gasteiger partial charge in [-0.2, -0.15) is 0 Å². The fourth-order valence-corrected chi connectivity index (χ4v) is 7.77. The van der Waals surface area contributed by atoms with Crippen LogP contribution in [0, 0.1) is 13.8 Å². The summed E-state index contributed by atoms with van der Waals surface area (Å²) in [5, 5.41) is 0. The number of nitrogens with zero attached hydrogens (tertiary/aromatic N) is 3. The first kappa shape index (κ1) is 30.6. The molecular formula is C36H39N3O5S. The Bertz CT molecular complexity index is 1940. The molecular weight excluding hydrogens is 586 g/mol. The molecule has 8 nitrogen and oxygen atoms in total. The molecule has 3 heterocycles. The third-order valence-corrected chi connectivity index (χ3v) is 9.84. The number of fused-ring (bicyclic) bond motifs is 1. The van der Waals surface area contributed by atoms with Crippen LogP contribution in [0.5, 0.6) is 11.5 Å². The lowest BCUT2D eigenvalue weighted by Crippen LogP contribution is -2.40. The van der Waals surface area contributed by atoms with Gasteiger partial charge in [-0.1, -0.05) is 60.9 Å². The summed E-state index contributed by atoms with van der Waals surface area (Å²) < 4.78 is 21.6. The van der Waals surface area contributed by atoms with Gasteiger partial charge in [0, 0.05) is 28.6 Å². The van der Waals surface area contributed by atoms with Gasteiger partial charge in [0.1, 0.15) is 17.5 Å². The lowest BCUT2D eigenvalue weighted by molar-refractivity contribution is -0.138. The van der Waals surface area contributed by atoms with Crippen LogP contribution in [-0.4, -0.2) is 35.9 Å². The van der Waals surface area contributed by atoms with Crippen LogP contribution >= 0.6 is 11.3 Å². The van der Waals surface area contributed by atoms with Gasteiger partial charge in [0.15, 0.2) is 4.80 Å². The monoisotopic (exact) mass is 625 g/mol. The molecule has 6 rings (SSSR count). The summed E-state index contributed by atoms with van der Waals surface area (Å²) in [6.07, 6.45) is 8.12. The van der Waals surface area contributed by atoms with E-state index in [-0.39, 0.29) is 17.7 Å². The minimum absolute atomic E-state index is 0.174. The quantitative estimate of drug-likeness (QED) is 0.229. The van der Waals surface area contributed by atoms with Crippen molar-refractivity contribution in [3.8, 4) is 11.5 Å². The summed E-state index contributed by atoms with van der Waals surface area (Å²) in [5.74, 6) is 0.548. The van der Waals surface area contributed by atoms with Crippen LogP contribution < -0.4 is 24.4 Å². The molecule has 0 spiro atoms. The maximum atomic E-state index is 14.5. The van der Waals surface area contributed by atoms with Crippen LogP contribution in [0.4, 0.5) is 0 Å². The maximum Gasteiger partial charge on any atom is 0.338 e. The van der Waals surface area contributed by atoms with Crippen molar-refractivity contribution < 1.29 is 19.0 Å². The standard InChI is InChI=1S/C36H39N3O5S/c1-6-44-35(41)31-32(24-13-9-7-10-14-24)37-36-39(33(31)28-21-27(42-4)17-18-29(28)43-5)34(40)30(45-36)20-25-19-22(2)38(23(25)3)26-15-11-8-12-16-26/h7,9-10,13-14,17-21,26,33H,6,8,11-12,15-16H2,1-5H3/t33-/m0/s1. The summed E-state index contributed by atoms with van der Waals surface area (Å²) in [4.78, 5) is 33.8. The van der Waals surface area contributed by atoms with E-state index in [4.69, 9.17) is 19.2 Å². The van der Waals surface area contributed by atoms with Crippen molar-refractivity contribution in [2.24, 2.45) is 4.99 Å². The minimum Gasteiger partial charge on any atom is -0.497 e. The Kier molecular flexibility index (Phi) is 8.81. The van der Waals surface area contributed by atoms with E-state index in [1.54, 1.807) is 37.8 Å². The molecule has 0 saturated heterocycles. The number of benzene rings is 2. The second-order valence-corrected chi connectivity index (χ2v) is 12.5. The second-order valence-electron chi connectivity index (χ2n) is 11.5. The Morgan fingerprint density at radius 3 is 2.44 bits per heavy atom. The Morgan fingerprint density at radius 2 is 1.76 bits per heavy atom. The van der Waals surface area contributed by atoms with E-state index in [0.29, 0.717) is 38.1 Å². The average molecular weight is 626 g/mol. The number of carbonyl (C=O) groups is 1. The van der Waals surface area contributed by atoms with Crippen molar-refractivity contribution in [3.05, 3.63) is 108 Å². The molecule has 0 amide bonds. The summed E-state index contributed by atoms with van der Waals surface area (Å²) in [5.41, 5.74) is 5.24. The highest BCUT2D eigenvalue weighted by atomic mass is 32.1. The molecule has 0 bridgehead atoms. The van der Waals surface area contributed by atoms with E-state index in [9.17, 15) is 9.59 Å². The lowest BCUT2D eigenvalue weighted by atomic mass is 9.92. The molecule has 45 heavy (non-hydrogen) atoms. The van der Waals surface area contributed by atoms with Gasteiger partial charge >= 0.3 is 5.97 Å². The predicted molar refractivity (Wildman–Crippen MR) is 177 cm³/mol. The molecule has 4 aromatic rings. The molecule has 2 aliphatic rings. The number of aryl methyl sites for hydroxylation is 1. The Balaban J connectivity index is 1.62. The number of carbonyl (C=O) groups excluding carboxylic acids is 1. The summed E-state index contributed by atoms with van der Waals surface area (Å²) in [7, 11) is 3.15. The third kappa shape index (κ3) is 5.65. The van der Waals surface area contributed by atoms with E-state index in [1.807, 2.05) is 42.5 Å². The smallest absolute Gasteiger partial charge is 0.338 e. The molecule has 234 valence electrons. The first-order valence-corrected chi connectivity index (χ1v) is 16.4. The number of aromatic nitrogens is 2. The van der Waals surface area contributed by atoms with Gasteiger partial charge in [0.05, 0.1) is 36.6 Å². The number of methoxy groups -OCH3 is 2. The van der Waals surface area contributed by atoms with Crippen LogP contribution in [-0.2, 0) is 9.53 Å². The van der Waals surface area contributed by atoms with Crippen LogP contribution in [0.25, 0.3) is 11.8 Å². The highest BCUT2D eigenvalue weighted by molar-refractivity contribution is 7.07. The molecule has 1 aliphatic carbocycles. The largest absolute Gasteiger partial charge is 0.497 e. The zero-order valence-corrected chi connectivity index (χ0v) is 27.3. The van der Waals surface area contributed by atoms with Crippen molar-refractivity contribution >= 4 is 29.1 Å². The van der Waals surface area contributed by atoms with Crippen molar-refractivity contribution in [2.75, 3.05) is 20.8 Å². The van der Waals surface area contributed by atoms with Gasteiger partial charge < -0.3 is 18.8 Å². The lowest BCUT2D eigenvalue weighted by Gasteiger charge is -2.27. The van der Waals surface area contributed by atoms with Crippen LogP contribution in [0.1, 0.15) is 79.2 Å². The molecule has 1 aliphatic heterocycles. The van der Waals surface area contributed by atoms with Crippen LogP contribution in [0.2, 0.25) is 0 Å². The zero-order valence-electron chi connectivity index (χ0n) is 26.5. The predicted octanol–water partition coefficient (Wildman–Crippen LogP) is 5.88. The fraction of sp³-hybridized carbons (Fsp3) is 0.361. The molecule has 1 saturated carbocycles. The maximum absolute atomic E-state index is 14.5. The van der Waals surface area contributed by atoms with E-state index in [0.717, 1.165) is 16.8 Å². The van der Waals surface area contributed by atoms with E-state index in [2.05, 4.69) is 24.5 Å². The van der Waals surface area contributed by atoms with Gasteiger partial charge in [0.25, 0.3) is 5.56 Å². The van der Waals surface area contributed by atoms with Gasteiger partial charge in [0.2, 0.25) is 0 Å². The van der Waals surface area contributed by atoms with E-state index in [1.165, 1.54) is 49.1 Å². The molecule has 1 atom stereocenters. The normalized spacial score (nSPS) is 17.2. The van der Waals surface area contributed by atoms with Crippen molar-refractivity contribution in [2.45, 2.75) is 65.0 Å². The highest BCUT2D eigenvalue weighted by Gasteiger charge is 2.37. The molecule has 9 heteroatoms. The Labute approximate surface area is 266 Å². The summed E-state index contributed by atoms with van der Waals surface area (Å²) in [6, 6.07) is 16.7. The van der Waals surface area contributed by atoms with Crippen molar-refractivity contribution in [1.29, 1.82) is 0 Å². The van der Waals surface area contributed by atoms with E-state index >= 15 is 0 Å². The molecule has 0 unspecified atom stereocenters. The molecule has 2 aromatic carbocycles. The molecule has 1 fully saturated rings. The van der Waals surface area contributed by atoms with E-state index < -0.39 is 12.0 Å². The minimum atomic E-state index is -0.864. The molecule has 0 N–H and O–H groups in total. The van der Waals surface area contributed by atoms with Crippen LogP contribution in [0.3, 0.4) is 0 Å². The Morgan fingerprint density at radius 1 is 1.00 bits per heavy atom. The summed E-state index contributed by atoms with van der Waals surface area (Å²) in [6.45, 7) is 6.22. The topological polar surface area (TPSA) is 84.1 Å². The van der Waals surface area contributed by atoms with Crippen molar-refractivity contribution in [1.82, 2.24) is 9.13 Å². The number of hydrogen-bond donors (Lipinski definition) is 0. The van der Waals surface area contributed by atoms with Gasteiger partial charge in [-0.15, -0.1) is 0 Å². The fourth-order valence-electron chi connectivity index (χ4n) is 6.78. The third-order valence-electron chi connectivity index (χ3n) is 8.86. The van der Waals surface area contributed by atoms with Gasteiger partial charge in [-0.05, 0) is 69.5 Å². The van der Waals surface area contributed by atoms with Gasteiger partial charge in [-0.3, -0.25) is 9.36 Å². The first-order chi connectivity index (χ1) is 21.9. The molecule has 0 radical (unpaired) electrons. The Hall–Kier alpha value is -4.37. The highest BCUT2D eigenvalue weighted by Crippen LogP contribution is 2.40. The number of ether oxygens (including phenoxy) is 3. The number of thiazole rings is 1. The number of rotatable bonds is 8. The second kappa shape index (κ2) is 12.9. The molecule has 2 aromatic heterocycles. The first-order valence-electron chi connectivity index (χ1n) is 15.5. The van der Waals surface area contributed by atoms with Crippen LogP contribution in [0.15, 0.2) is 70.0 Å². The summed E-state index contributed by atoms with van der Waals surface area (Å²) >= 11 is 1.32. The zero-order chi connectivity index (χ0) is 31.7. The van der Waals surface area contributed by atoms with Gasteiger partial charge in [-0.25, -0.2) is 9.79 Å². The van der Waals surface area contributed by atoms with Crippen molar-refractivity contribution in [3.63, 3.8) is 0 Å². The number of esters is 1. The SMILES string of the molecule is CCOC(=O)C1=C(c2ccccc2)N=c2sc(=Cc3cc(C)n(C4CCCCC4)c3C)c(=O)n2[C@H]1c1cc(OC)ccc1OC.